The number of fused-ring (bicyclic) bond motifs is 1. The van der Waals surface area contributed by atoms with Gasteiger partial charge in [-0.05, 0) is 73.5 Å². The third-order valence-electron chi connectivity index (χ3n) is 12.4. The van der Waals surface area contributed by atoms with Crippen molar-refractivity contribution in [1.82, 2.24) is 37.2 Å². The first-order chi connectivity index (χ1) is 33.4. The van der Waals surface area contributed by atoms with Crippen LogP contribution in [0.25, 0.3) is 0 Å². The van der Waals surface area contributed by atoms with Crippen molar-refractivity contribution in [2.24, 2.45) is 0 Å². The topological polar surface area (TPSA) is 187 Å². The second kappa shape index (κ2) is 27.2. The number of benzene rings is 4. The summed E-state index contributed by atoms with van der Waals surface area (Å²) in [5.41, 5.74) is 3.79. The van der Waals surface area contributed by atoms with Crippen molar-refractivity contribution in [1.29, 1.82) is 0 Å². The molecular formula is C53H65F2N7O6S. The Bertz CT molecular complexity index is 2320. The van der Waals surface area contributed by atoms with E-state index in [0.29, 0.717) is 35.4 Å². The van der Waals surface area contributed by atoms with Gasteiger partial charge in [0, 0.05) is 60.7 Å². The smallest absolute Gasteiger partial charge is 0.315 e. The molecule has 13 nitrogen and oxygen atoms in total. The SMILES string of the molecule is C[C@H](NC(=O)[C@H](Cc1ccccc1)NC(=O)Cc1cc(F)cc(F)c1)C(=O)NCc1ccc(C(=O)c2ccc(CNCCCCCCCCNC(=O)CCCC[C@@H]3SC[C@@H]4NC(=O)N[C@@H]43)cc2)cc1. The number of nitrogens with one attached hydrogen (secondary N) is 7. The zero-order valence-corrected chi connectivity index (χ0v) is 40.1. The highest BCUT2D eigenvalue weighted by Crippen LogP contribution is 2.33. The highest BCUT2D eigenvalue weighted by Gasteiger charge is 2.42. The zero-order chi connectivity index (χ0) is 49.0. The van der Waals surface area contributed by atoms with Crippen LogP contribution in [0.2, 0.25) is 0 Å². The molecule has 2 heterocycles. The van der Waals surface area contributed by atoms with Crippen molar-refractivity contribution in [3.63, 3.8) is 0 Å². The van der Waals surface area contributed by atoms with Gasteiger partial charge in [-0.15, -0.1) is 0 Å². The Morgan fingerprint density at radius 1 is 0.652 bits per heavy atom. The third kappa shape index (κ3) is 17.4. The van der Waals surface area contributed by atoms with Gasteiger partial charge in [0.05, 0.1) is 18.5 Å². The predicted octanol–water partition coefficient (Wildman–Crippen LogP) is 6.56. The first-order valence-corrected chi connectivity index (χ1v) is 25.2. The number of hydrogen-bond acceptors (Lipinski definition) is 8. The van der Waals surface area contributed by atoms with Crippen LogP contribution in [0, 0.1) is 11.6 Å². The first kappa shape index (κ1) is 52.2. The fourth-order valence-corrected chi connectivity index (χ4v) is 10.1. The molecule has 6 amide bonds. The van der Waals surface area contributed by atoms with Crippen LogP contribution in [-0.4, -0.2) is 83.7 Å². The zero-order valence-electron chi connectivity index (χ0n) is 39.3. The van der Waals surface area contributed by atoms with Gasteiger partial charge in [0.25, 0.3) is 0 Å². The summed E-state index contributed by atoms with van der Waals surface area (Å²) in [5.74, 6) is -2.33. The average molecular weight is 966 g/mol. The van der Waals surface area contributed by atoms with Crippen molar-refractivity contribution < 1.29 is 37.5 Å². The number of thioether (sulfide) groups is 1. The summed E-state index contributed by atoms with van der Waals surface area (Å²) in [5, 5.41) is 21.1. The minimum Gasteiger partial charge on any atom is -0.356 e. The second-order valence-corrected chi connectivity index (χ2v) is 19.2. The van der Waals surface area contributed by atoms with E-state index in [1.165, 1.54) is 6.92 Å². The lowest BCUT2D eigenvalue weighted by Gasteiger charge is -2.21. The summed E-state index contributed by atoms with van der Waals surface area (Å²) in [6.07, 6.45) is 9.85. The molecule has 0 radical (unpaired) electrons. The Balaban J connectivity index is 0.806. The van der Waals surface area contributed by atoms with Gasteiger partial charge in [0.15, 0.2) is 5.78 Å². The Hall–Kier alpha value is -6.13. The molecule has 0 aromatic heterocycles. The normalized spacial score (nSPS) is 16.9. The Morgan fingerprint density at radius 2 is 1.29 bits per heavy atom. The number of ketones is 1. The largest absolute Gasteiger partial charge is 0.356 e. The van der Waals surface area contributed by atoms with Gasteiger partial charge >= 0.3 is 6.03 Å². The van der Waals surface area contributed by atoms with Gasteiger partial charge < -0.3 is 37.2 Å². The van der Waals surface area contributed by atoms with Gasteiger partial charge in [-0.1, -0.05) is 111 Å². The van der Waals surface area contributed by atoms with Crippen molar-refractivity contribution in [2.75, 3.05) is 18.8 Å². The number of carbonyl (C=O) groups excluding carboxylic acids is 6. The summed E-state index contributed by atoms with van der Waals surface area (Å²) in [6.45, 7) is 4.01. The van der Waals surface area contributed by atoms with Gasteiger partial charge in [0.2, 0.25) is 23.6 Å². The van der Waals surface area contributed by atoms with Crippen LogP contribution in [0.1, 0.15) is 109 Å². The summed E-state index contributed by atoms with van der Waals surface area (Å²) < 4.78 is 27.4. The maximum Gasteiger partial charge on any atom is 0.315 e. The lowest BCUT2D eigenvalue weighted by atomic mass is 10.0. The maximum atomic E-state index is 13.7. The molecule has 69 heavy (non-hydrogen) atoms. The van der Waals surface area contributed by atoms with Gasteiger partial charge in [-0.3, -0.25) is 24.0 Å². The van der Waals surface area contributed by atoms with E-state index in [1.807, 2.05) is 42.1 Å². The molecule has 0 saturated carbocycles. The number of halogens is 2. The lowest BCUT2D eigenvalue weighted by Crippen LogP contribution is -2.53. The summed E-state index contributed by atoms with van der Waals surface area (Å²) >= 11 is 1.91. The number of rotatable bonds is 28. The Kier molecular flexibility index (Phi) is 20.6. The highest BCUT2D eigenvalue weighted by atomic mass is 32.2. The predicted molar refractivity (Wildman–Crippen MR) is 264 cm³/mol. The van der Waals surface area contributed by atoms with E-state index in [1.54, 1.807) is 48.5 Å². The molecule has 0 bridgehead atoms. The number of unbranched alkanes of at least 4 members (excludes halogenated alkanes) is 6. The molecule has 2 fully saturated rings. The van der Waals surface area contributed by atoms with E-state index in [4.69, 9.17) is 0 Å². The third-order valence-corrected chi connectivity index (χ3v) is 13.9. The van der Waals surface area contributed by atoms with Gasteiger partial charge in [-0.2, -0.15) is 11.8 Å². The molecule has 2 aliphatic heterocycles. The summed E-state index contributed by atoms with van der Waals surface area (Å²) in [4.78, 5) is 76.4. The standard InChI is InChI=1S/C53H65F2N7O6S/c1-35(59-52(67)44(29-36-13-7-6-8-14-36)60-48(64)30-39-27-42(54)31-43(55)28-39)51(66)58-33-38-19-23-41(24-20-38)50(65)40-21-17-37(18-22-40)32-56-25-11-4-2-3-5-12-26-57-47(63)16-10-9-15-46-49-45(34-69-46)61-53(68)62-49/h6-8,13-14,17-24,27-28,31,35,44-46,49,56H,2-5,9-12,15-16,25-26,29-30,32-34H2,1H3,(H,57,63)(H,58,66)(H,59,67)(H,60,64)(H2,61,62,68)/t35-,44-,45-,46-,49-/m0/s1. The number of urea groups is 1. The van der Waals surface area contributed by atoms with Crippen LogP contribution in [0.4, 0.5) is 13.6 Å². The monoisotopic (exact) mass is 965 g/mol. The molecule has 4 aromatic rings. The van der Waals surface area contributed by atoms with E-state index < -0.39 is 41.4 Å². The molecule has 0 spiro atoms. The Labute approximate surface area is 407 Å². The molecule has 2 aliphatic rings. The molecule has 0 unspecified atom stereocenters. The fourth-order valence-electron chi connectivity index (χ4n) is 8.54. The minimum atomic E-state index is -1.07. The van der Waals surface area contributed by atoms with E-state index in [-0.39, 0.29) is 54.8 Å². The van der Waals surface area contributed by atoms with Crippen LogP contribution in [0.5, 0.6) is 0 Å². The lowest BCUT2D eigenvalue weighted by molar-refractivity contribution is -0.131. The molecule has 6 rings (SSSR count). The molecule has 7 N–H and O–H groups in total. The van der Waals surface area contributed by atoms with Crippen molar-refractivity contribution in [3.05, 3.63) is 142 Å². The Morgan fingerprint density at radius 3 is 1.97 bits per heavy atom. The molecule has 5 atom stereocenters. The van der Waals surface area contributed by atoms with Crippen LogP contribution < -0.4 is 37.2 Å². The number of hydrogen-bond donors (Lipinski definition) is 7. The molecule has 0 aliphatic carbocycles. The van der Waals surface area contributed by atoms with Crippen molar-refractivity contribution in [2.45, 2.75) is 126 Å². The summed E-state index contributed by atoms with van der Waals surface area (Å²) in [6, 6.07) is 24.7. The molecular weight excluding hydrogens is 901 g/mol. The van der Waals surface area contributed by atoms with Crippen LogP contribution in [-0.2, 0) is 45.1 Å². The number of carbonyl (C=O) groups is 6. The van der Waals surface area contributed by atoms with Crippen molar-refractivity contribution in [3.8, 4) is 0 Å². The molecule has 4 aromatic carbocycles. The fraction of sp³-hybridized carbons (Fsp3) is 0.434. The van der Waals surface area contributed by atoms with Gasteiger partial charge in [-0.25, -0.2) is 13.6 Å². The maximum absolute atomic E-state index is 13.7. The highest BCUT2D eigenvalue weighted by molar-refractivity contribution is 8.00. The van der Waals surface area contributed by atoms with Crippen molar-refractivity contribution >= 4 is 47.2 Å². The number of amides is 6. The van der Waals surface area contributed by atoms with E-state index >= 15 is 0 Å². The minimum absolute atomic E-state index is 0.0589. The van der Waals surface area contributed by atoms with Crippen LogP contribution in [0.3, 0.4) is 0 Å². The van der Waals surface area contributed by atoms with Crippen LogP contribution in [0.15, 0.2) is 97.1 Å². The van der Waals surface area contributed by atoms with E-state index in [2.05, 4.69) is 37.2 Å². The first-order valence-electron chi connectivity index (χ1n) is 24.1. The summed E-state index contributed by atoms with van der Waals surface area (Å²) in [7, 11) is 0. The molecule has 16 heteroatoms. The second-order valence-electron chi connectivity index (χ2n) is 18.0. The van der Waals surface area contributed by atoms with Crippen LogP contribution >= 0.6 is 11.8 Å². The van der Waals surface area contributed by atoms with Gasteiger partial charge in [0.1, 0.15) is 23.7 Å². The van der Waals surface area contributed by atoms with E-state index in [0.717, 1.165) is 105 Å². The molecule has 2 saturated heterocycles. The van der Waals surface area contributed by atoms with E-state index in [9.17, 15) is 37.5 Å². The molecule has 368 valence electrons. The average Bonchev–Trinajstić information content (AvgIpc) is 3.90. The quantitative estimate of drug-likeness (QED) is 0.0190.